The number of nitrogens with one attached hydrogen (secondary N) is 2. The van der Waals surface area contributed by atoms with E-state index in [0.717, 1.165) is 16.7 Å². The van der Waals surface area contributed by atoms with E-state index < -0.39 is 36.5 Å². The van der Waals surface area contributed by atoms with Gasteiger partial charge in [0.05, 0.1) is 31.4 Å². The van der Waals surface area contributed by atoms with Crippen LogP contribution in [0.25, 0.3) is 11.1 Å². The summed E-state index contributed by atoms with van der Waals surface area (Å²) < 4.78 is 10.6. The zero-order chi connectivity index (χ0) is 27.7. The normalized spacial score (nSPS) is 15.7. The molecule has 1 aromatic heterocycles. The minimum Gasteiger partial charge on any atom is -0.455 e. The van der Waals surface area contributed by atoms with Crippen molar-refractivity contribution in [3.05, 3.63) is 72.1 Å². The van der Waals surface area contributed by atoms with Gasteiger partial charge < -0.3 is 24.8 Å². The number of amides is 2. The van der Waals surface area contributed by atoms with E-state index in [0.29, 0.717) is 32.7 Å². The second kappa shape index (κ2) is 13.1. The summed E-state index contributed by atoms with van der Waals surface area (Å²) in [4.78, 5) is 39.9. The van der Waals surface area contributed by atoms with E-state index in [1.165, 1.54) is 6.20 Å². The molecule has 0 spiro atoms. The van der Waals surface area contributed by atoms with Crippen molar-refractivity contribution < 1.29 is 29.0 Å². The number of carbonyl (C=O) groups is 3. The number of morpholine rings is 1. The van der Waals surface area contributed by atoms with Gasteiger partial charge in [-0.25, -0.2) is 0 Å². The van der Waals surface area contributed by atoms with Crippen molar-refractivity contribution in [2.75, 3.05) is 39.5 Å². The number of aromatic nitrogens is 3. The van der Waals surface area contributed by atoms with Gasteiger partial charge in [-0.05, 0) is 36.5 Å². The predicted octanol–water partition coefficient (Wildman–Crippen LogP) is 1.60. The molecule has 39 heavy (non-hydrogen) atoms. The van der Waals surface area contributed by atoms with Gasteiger partial charge >= 0.3 is 5.97 Å². The number of rotatable bonds is 11. The Bertz CT molecular complexity index is 1230. The average molecular weight is 536 g/mol. The number of nitrogens with zero attached hydrogens (tertiary/aromatic N) is 3. The van der Waals surface area contributed by atoms with Crippen molar-refractivity contribution in [1.29, 1.82) is 0 Å². The van der Waals surface area contributed by atoms with E-state index in [1.54, 1.807) is 11.8 Å². The smallest absolute Gasteiger partial charge is 0.314 e. The second-order valence-electron chi connectivity index (χ2n) is 9.80. The summed E-state index contributed by atoms with van der Waals surface area (Å²) in [6.45, 7) is 2.36. The molecule has 1 aliphatic heterocycles. The van der Waals surface area contributed by atoms with Gasteiger partial charge in [0.2, 0.25) is 0 Å². The highest BCUT2D eigenvalue weighted by molar-refractivity contribution is 5.92. The first-order valence-electron chi connectivity index (χ1n) is 12.8. The maximum atomic E-state index is 13.1. The Morgan fingerprint density at radius 1 is 1.10 bits per heavy atom. The van der Waals surface area contributed by atoms with E-state index in [4.69, 9.17) is 9.47 Å². The molecule has 2 heterocycles. The third kappa shape index (κ3) is 7.49. The monoisotopic (exact) mass is 535 g/mol. The van der Waals surface area contributed by atoms with Crippen LogP contribution >= 0.6 is 0 Å². The van der Waals surface area contributed by atoms with Crippen LogP contribution in [0.1, 0.15) is 29.4 Å². The minimum atomic E-state index is -1.36. The third-order valence-electron chi connectivity index (χ3n) is 6.77. The maximum absolute atomic E-state index is 13.1. The van der Waals surface area contributed by atoms with Crippen LogP contribution < -0.4 is 5.32 Å². The molecular weight excluding hydrogens is 502 g/mol. The van der Waals surface area contributed by atoms with Crippen molar-refractivity contribution in [3.8, 4) is 11.1 Å². The van der Waals surface area contributed by atoms with Crippen molar-refractivity contribution in [1.82, 2.24) is 25.6 Å². The number of H-pyrrole nitrogens is 1. The van der Waals surface area contributed by atoms with Crippen LogP contribution in [-0.4, -0.2) is 88.8 Å². The van der Waals surface area contributed by atoms with Gasteiger partial charge in [0.1, 0.15) is 5.69 Å². The Kier molecular flexibility index (Phi) is 9.40. The van der Waals surface area contributed by atoms with Crippen LogP contribution in [0.3, 0.4) is 0 Å². The molecule has 11 nitrogen and oxygen atoms in total. The van der Waals surface area contributed by atoms with Crippen molar-refractivity contribution >= 4 is 17.8 Å². The number of ether oxygens (including phenoxy) is 2. The first-order valence-corrected chi connectivity index (χ1v) is 12.8. The molecule has 1 saturated heterocycles. The highest BCUT2D eigenvalue weighted by atomic mass is 16.5. The van der Waals surface area contributed by atoms with E-state index in [9.17, 15) is 19.5 Å². The SMILES string of the molecule is C[C@@](CO)(C[C@@H](Cc1ccc(-c2ccccc2)cc1)NC(=O)c1cnn[nH]1)C(=O)OCC(=O)N1CCOCC1. The highest BCUT2D eigenvalue weighted by Gasteiger charge is 2.38. The molecule has 2 aromatic carbocycles. The summed E-state index contributed by atoms with van der Waals surface area (Å²) in [5.74, 6) is -1.47. The molecule has 206 valence electrons. The van der Waals surface area contributed by atoms with Crippen LogP contribution in [-0.2, 0) is 25.5 Å². The van der Waals surface area contributed by atoms with Gasteiger partial charge in [-0.15, -0.1) is 5.10 Å². The Hall–Kier alpha value is -4.09. The topological polar surface area (TPSA) is 147 Å². The van der Waals surface area contributed by atoms with Crippen LogP contribution in [0.2, 0.25) is 0 Å². The summed E-state index contributed by atoms with van der Waals surface area (Å²) in [7, 11) is 0. The fraction of sp³-hybridized carbons (Fsp3) is 0.393. The standard InChI is InChI=1S/C28H33N5O6/c1-28(19-34,27(37)39-18-25(35)33-11-13-38-14-12-33)16-23(30-26(36)24-17-29-32-31-24)15-20-7-9-22(10-8-20)21-5-3-2-4-6-21/h2-10,17,23,34H,11-16,18-19H2,1H3,(H,30,36)(H,29,31,32)/t23-,28+/m1/s1. The number of benzene rings is 2. The number of aromatic amines is 1. The quantitative estimate of drug-likeness (QED) is 0.314. The number of hydrogen-bond acceptors (Lipinski definition) is 8. The molecule has 4 rings (SSSR count). The van der Waals surface area contributed by atoms with Gasteiger partial charge in [0.25, 0.3) is 11.8 Å². The Morgan fingerprint density at radius 2 is 1.79 bits per heavy atom. The maximum Gasteiger partial charge on any atom is 0.314 e. The van der Waals surface area contributed by atoms with Crippen LogP contribution in [0, 0.1) is 5.41 Å². The largest absolute Gasteiger partial charge is 0.455 e. The molecule has 11 heteroatoms. The van der Waals surface area contributed by atoms with Crippen molar-refractivity contribution in [2.24, 2.45) is 5.41 Å². The summed E-state index contributed by atoms with van der Waals surface area (Å²) >= 11 is 0. The van der Waals surface area contributed by atoms with Crippen molar-refractivity contribution in [2.45, 2.75) is 25.8 Å². The molecule has 0 aliphatic carbocycles. The second-order valence-corrected chi connectivity index (χ2v) is 9.80. The number of aliphatic hydroxyl groups excluding tert-OH is 1. The Labute approximate surface area is 226 Å². The zero-order valence-corrected chi connectivity index (χ0v) is 21.8. The molecule has 3 N–H and O–H groups in total. The summed E-state index contributed by atoms with van der Waals surface area (Å²) in [5.41, 5.74) is 1.88. The number of aliphatic hydroxyl groups is 1. The van der Waals surface area contributed by atoms with Gasteiger partial charge in [-0.1, -0.05) is 59.8 Å². The summed E-state index contributed by atoms with van der Waals surface area (Å²) in [6, 6.07) is 17.3. The molecule has 0 saturated carbocycles. The zero-order valence-electron chi connectivity index (χ0n) is 21.8. The van der Waals surface area contributed by atoms with Gasteiger partial charge in [0, 0.05) is 19.1 Å². The molecule has 0 unspecified atom stereocenters. The average Bonchev–Trinajstić information content (AvgIpc) is 3.52. The molecule has 1 fully saturated rings. The fourth-order valence-corrected chi connectivity index (χ4v) is 4.46. The number of esters is 1. The third-order valence-corrected chi connectivity index (χ3v) is 6.77. The summed E-state index contributed by atoms with van der Waals surface area (Å²) in [5, 5.41) is 22.9. The van der Waals surface area contributed by atoms with Gasteiger partial charge in [-0.3, -0.25) is 19.5 Å². The minimum absolute atomic E-state index is 0.0713. The van der Waals surface area contributed by atoms with E-state index in [1.807, 2.05) is 54.6 Å². The lowest BCUT2D eigenvalue weighted by Crippen LogP contribution is -2.46. The Balaban J connectivity index is 1.45. The lowest BCUT2D eigenvalue weighted by atomic mass is 9.82. The molecular formula is C28H33N5O6. The van der Waals surface area contributed by atoms with E-state index in [2.05, 4.69) is 20.7 Å². The molecule has 2 amide bonds. The van der Waals surface area contributed by atoms with Crippen LogP contribution in [0.4, 0.5) is 0 Å². The molecule has 3 aromatic rings. The molecule has 0 radical (unpaired) electrons. The Morgan fingerprint density at radius 3 is 2.44 bits per heavy atom. The molecule has 1 aliphatic rings. The summed E-state index contributed by atoms with van der Waals surface area (Å²) in [6.07, 6.45) is 1.76. The van der Waals surface area contributed by atoms with Crippen LogP contribution in [0.5, 0.6) is 0 Å². The predicted molar refractivity (Wildman–Crippen MR) is 141 cm³/mol. The molecule has 0 bridgehead atoms. The molecule has 2 atom stereocenters. The first-order chi connectivity index (χ1) is 18.9. The number of carbonyl (C=O) groups excluding carboxylic acids is 3. The van der Waals surface area contributed by atoms with Gasteiger partial charge in [-0.2, -0.15) is 0 Å². The van der Waals surface area contributed by atoms with Crippen LogP contribution in [0.15, 0.2) is 60.8 Å². The van der Waals surface area contributed by atoms with Gasteiger partial charge in [0.15, 0.2) is 6.61 Å². The van der Waals surface area contributed by atoms with Crippen molar-refractivity contribution in [3.63, 3.8) is 0 Å². The van der Waals surface area contributed by atoms with E-state index in [-0.39, 0.29) is 18.0 Å². The lowest BCUT2D eigenvalue weighted by molar-refractivity contribution is -0.164. The highest BCUT2D eigenvalue weighted by Crippen LogP contribution is 2.27. The lowest BCUT2D eigenvalue weighted by Gasteiger charge is -2.31. The number of hydrogen-bond donors (Lipinski definition) is 3. The first kappa shape index (κ1) is 27.9. The fourth-order valence-electron chi connectivity index (χ4n) is 4.46. The van der Waals surface area contributed by atoms with E-state index >= 15 is 0 Å².